The first kappa shape index (κ1) is 18.2. The third-order valence-electron chi connectivity index (χ3n) is 3.96. The Labute approximate surface area is 132 Å². The highest BCUT2D eigenvalue weighted by Crippen LogP contribution is 2.22. The molecule has 1 unspecified atom stereocenters. The second-order valence-corrected chi connectivity index (χ2v) is 5.63. The first-order valence-corrected chi connectivity index (χ1v) is 7.42. The molecule has 0 amide bonds. The average molecular weight is 317 g/mol. The van der Waals surface area contributed by atoms with Gasteiger partial charge in [-0.1, -0.05) is 31.4 Å². The summed E-state index contributed by atoms with van der Waals surface area (Å²) >= 11 is 0. The fourth-order valence-corrected chi connectivity index (χ4v) is 2.80. The lowest BCUT2D eigenvalue weighted by molar-refractivity contribution is -0.00000720. The molecule has 1 saturated carbocycles. The Kier molecular flexibility index (Phi) is 8.01. The molecule has 5 heteroatoms. The highest BCUT2D eigenvalue weighted by molar-refractivity contribution is 5.23. The standard InChI is InChI=1S/C16H24FNO2.ClH/c1-18(13-7-3-2-4-8-13)11-14(19)12-20-16-10-6-5-9-15(16)17;/h5-6,9-10,13-14,19H,2-4,7-8,11-12H2,1H3;1H/p-1. The van der Waals surface area contributed by atoms with E-state index in [4.69, 9.17) is 4.74 Å². The van der Waals surface area contributed by atoms with E-state index in [1.54, 1.807) is 18.2 Å². The van der Waals surface area contributed by atoms with Crippen molar-refractivity contribution < 1.29 is 26.6 Å². The number of para-hydroxylation sites is 1. The van der Waals surface area contributed by atoms with Gasteiger partial charge in [-0.3, -0.25) is 0 Å². The highest BCUT2D eigenvalue weighted by Gasteiger charge is 2.20. The maximum absolute atomic E-state index is 13.4. The number of likely N-dealkylation sites (N-methyl/N-ethyl adjacent to an activating group) is 1. The summed E-state index contributed by atoms with van der Waals surface area (Å²) in [7, 11) is 2.04. The van der Waals surface area contributed by atoms with Crippen molar-refractivity contribution in [3.63, 3.8) is 0 Å². The zero-order valence-corrected chi connectivity index (χ0v) is 13.2. The summed E-state index contributed by atoms with van der Waals surface area (Å²) < 4.78 is 18.7. The topological polar surface area (TPSA) is 32.7 Å². The SMILES string of the molecule is CN(CC(O)COc1ccccc1F)C1CCCCC1.[Cl-]. The number of hydrogen-bond donors (Lipinski definition) is 1. The fraction of sp³-hybridized carbons (Fsp3) is 0.625. The first-order valence-electron chi connectivity index (χ1n) is 7.42. The van der Waals surface area contributed by atoms with Crippen LogP contribution in [0.1, 0.15) is 32.1 Å². The van der Waals surface area contributed by atoms with E-state index in [1.807, 2.05) is 7.05 Å². The Morgan fingerprint density at radius 3 is 2.62 bits per heavy atom. The van der Waals surface area contributed by atoms with Gasteiger partial charge in [0.15, 0.2) is 11.6 Å². The minimum absolute atomic E-state index is 0. The lowest BCUT2D eigenvalue weighted by Gasteiger charge is -2.32. The van der Waals surface area contributed by atoms with Crippen LogP contribution in [0, 0.1) is 5.82 Å². The van der Waals surface area contributed by atoms with Crippen molar-refractivity contribution in [3.8, 4) is 5.75 Å². The third kappa shape index (κ3) is 5.81. The van der Waals surface area contributed by atoms with E-state index in [1.165, 1.54) is 38.2 Å². The Balaban J connectivity index is 0.00000220. The first-order chi connectivity index (χ1) is 9.66. The molecule has 0 spiro atoms. The van der Waals surface area contributed by atoms with Gasteiger partial charge in [0.05, 0.1) is 0 Å². The van der Waals surface area contributed by atoms with Crippen LogP contribution >= 0.6 is 0 Å². The van der Waals surface area contributed by atoms with Crippen LogP contribution in [0.4, 0.5) is 4.39 Å². The Hall–Kier alpha value is -0.840. The summed E-state index contributed by atoms with van der Waals surface area (Å²) in [5.74, 6) is -0.188. The molecule has 2 rings (SSSR count). The van der Waals surface area contributed by atoms with Gasteiger partial charge in [0, 0.05) is 12.6 Å². The van der Waals surface area contributed by atoms with Crippen LogP contribution < -0.4 is 17.1 Å². The molecule has 0 aliphatic heterocycles. The molecular formula is C16H24ClFNO2-. The van der Waals surface area contributed by atoms with E-state index in [0.717, 1.165) is 0 Å². The normalized spacial score (nSPS) is 17.3. The van der Waals surface area contributed by atoms with E-state index in [-0.39, 0.29) is 30.6 Å². The van der Waals surface area contributed by atoms with Gasteiger partial charge >= 0.3 is 0 Å². The molecule has 0 radical (unpaired) electrons. The van der Waals surface area contributed by atoms with Gasteiger partial charge in [-0.15, -0.1) is 0 Å². The molecule has 0 bridgehead atoms. The molecule has 0 heterocycles. The number of benzene rings is 1. The summed E-state index contributed by atoms with van der Waals surface area (Å²) in [4.78, 5) is 2.20. The van der Waals surface area contributed by atoms with Crippen molar-refractivity contribution in [1.82, 2.24) is 4.90 Å². The Bertz CT molecular complexity index is 413. The molecule has 120 valence electrons. The van der Waals surface area contributed by atoms with Gasteiger partial charge in [-0.2, -0.15) is 0 Å². The van der Waals surface area contributed by atoms with E-state index < -0.39 is 6.10 Å². The zero-order valence-electron chi connectivity index (χ0n) is 12.5. The maximum Gasteiger partial charge on any atom is 0.165 e. The predicted molar refractivity (Wildman–Crippen MR) is 77.4 cm³/mol. The number of hydrogen-bond acceptors (Lipinski definition) is 3. The van der Waals surface area contributed by atoms with Crippen molar-refractivity contribution in [2.24, 2.45) is 0 Å². The third-order valence-corrected chi connectivity index (χ3v) is 3.96. The van der Waals surface area contributed by atoms with Crippen LogP contribution in [0.25, 0.3) is 0 Å². The smallest absolute Gasteiger partial charge is 0.165 e. The number of aliphatic hydroxyl groups excluding tert-OH is 1. The molecule has 21 heavy (non-hydrogen) atoms. The van der Waals surface area contributed by atoms with E-state index in [2.05, 4.69) is 4.90 Å². The van der Waals surface area contributed by atoms with Crippen molar-refractivity contribution in [2.45, 2.75) is 44.2 Å². The predicted octanol–water partition coefficient (Wildman–Crippen LogP) is -0.166. The van der Waals surface area contributed by atoms with E-state index >= 15 is 0 Å². The van der Waals surface area contributed by atoms with Gasteiger partial charge < -0.3 is 27.2 Å². The molecule has 1 aliphatic carbocycles. The number of nitrogens with zero attached hydrogens (tertiary/aromatic N) is 1. The van der Waals surface area contributed by atoms with Gasteiger partial charge in [0.1, 0.15) is 12.7 Å². The van der Waals surface area contributed by atoms with E-state index in [9.17, 15) is 9.50 Å². The number of halogens is 2. The summed E-state index contributed by atoms with van der Waals surface area (Å²) in [6, 6.07) is 6.84. The summed E-state index contributed by atoms with van der Waals surface area (Å²) in [6.45, 7) is 0.692. The molecule has 1 aliphatic rings. The molecule has 1 aromatic carbocycles. The van der Waals surface area contributed by atoms with Gasteiger partial charge in [0.25, 0.3) is 0 Å². The van der Waals surface area contributed by atoms with Gasteiger partial charge in [-0.25, -0.2) is 4.39 Å². The molecule has 3 nitrogen and oxygen atoms in total. The number of ether oxygens (including phenoxy) is 1. The van der Waals surface area contributed by atoms with Crippen LogP contribution in [0.15, 0.2) is 24.3 Å². The molecule has 1 fully saturated rings. The lowest BCUT2D eigenvalue weighted by Crippen LogP contribution is -3.00. The van der Waals surface area contributed by atoms with Gasteiger partial charge in [0.2, 0.25) is 0 Å². The summed E-state index contributed by atoms with van der Waals surface area (Å²) in [5, 5.41) is 10.0. The zero-order chi connectivity index (χ0) is 14.4. The van der Waals surface area contributed by atoms with Crippen LogP contribution in [-0.2, 0) is 0 Å². The molecule has 1 atom stereocenters. The monoisotopic (exact) mass is 316 g/mol. The second kappa shape index (κ2) is 9.23. The van der Waals surface area contributed by atoms with E-state index in [0.29, 0.717) is 12.6 Å². The van der Waals surface area contributed by atoms with Crippen LogP contribution in [0.3, 0.4) is 0 Å². The second-order valence-electron chi connectivity index (χ2n) is 5.63. The lowest BCUT2D eigenvalue weighted by atomic mass is 9.94. The number of aliphatic hydroxyl groups is 1. The van der Waals surface area contributed by atoms with Crippen LogP contribution in [-0.4, -0.2) is 42.4 Å². The highest BCUT2D eigenvalue weighted by atomic mass is 35.5. The Morgan fingerprint density at radius 1 is 1.29 bits per heavy atom. The van der Waals surface area contributed by atoms with Crippen molar-refractivity contribution in [3.05, 3.63) is 30.1 Å². The van der Waals surface area contributed by atoms with Crippen LogP contribution in [0.2, 0.25) is 0 Å². The summed E-state index contributed by atoms with van der Waals surface area (Å²) in [6.07, 6.45) is 5.69. The van der Waals surface area contributed by atoms with Gasteiger partial charge in [-0.05, 0) is 32.0 Å². The number of rotatable bonds is 6. The van der Waals surface area contributed by atoms with Crippen molar-refractivity contribution >= 4 is 0 Å². The largest absolute Gasteiger partial charge is 1.00 e. The molecular weight excluding hydrogens is 293 g/mol. The molecule has 0 saturated heterocycles. The molecule has 0 aromatic heterocycles. The van der Waals surface area contributed by atoms with Crippen molar-refractivity contribution in [1.29, 1.82) is 0 Å². The molecule has 1 aromatic rings. The van der Waals surface area contributed by atoms with Crippen molar-refractivity contribution in [2.75, 3.05) is 20.2 Å². The average Bonchev–Trinajstić information content (AvgIpc) is 2.47. The minimum atomic E-state index is -0.596. The quantitative estimate of drug-likeness (QED) is 0.791. The fourth-order valence-electron chi connectivity index (χ4n) is 2.80. The summed E-state index contributed by atoms with van der Waals surface area (Å²) in [5.41, 5.74) is 0. The molecule has 1 N–H and O–H groups in total. The Morgan fingerprint density at radius 2 is 1.95 bits per heavy atom. The maximum atomic E-state index is 13.4. The van der Waals surface area contributed by atoms with Crippen LogP contribution in [0.5, 0.6) is 5.75 Å². The minimum Gasteiger partial charge on any atom is -1.00 e.